The molecule has 1 N–H and O–H groups in total. The lowest BCUT2D eigenvalue weighted by Crippen LogP contribution is -2.33. The smallest absolute Gasteiger partial charge is 0.343 e. The Balaban J connectivity index is 1.47. The van der Waals surface area contributed by atoms with Crippen LogP contribution >= 0.6 is 23.2 Å². The second kappa shape index (κ2) is 13.5. The second-order valence-corrected chi connectivity index (χ2v) is 8.60. The molecular weight excluding hydrogens is 503 g/mol. The number of halogens is 2. The van der Waals surface area contributed by atoms with Crippen molar-refractivity contribution in [1.29, 1.82) is 0 Å². The van der Waals surface area contributed by atoms with Gasteiger partial charge < -0.3 is 14.2 Å². The molecule has 0 aromatic heterocycles. The van der Waals surface area contributed by atoms with Crippen LogP contribution in [0, 0.1) is 0 Å². The Morgan fingerprint density at radius 2 is 1.69 bits per heavy atom. The number of rotatable bonds is 11. The molecule has 3 aromatic carbocycles. The Kier molecular flexibility index (Phi) is 10.2. The van der Waals surface area contributed by atoms with E-state index >= 15 is 0 Å². The SMILES string of the molecule is CCCCOc1ccc(C(=O)Oc2ccc(/C=N\NC(=O)[C@@H](C)Oc3ccc(Cl)cc3Cl)cc2)cc1. The number of esters is 1. The van der Waals surface area contributed by atoms with Gasteiger partial charge in [0, 0.05) is 5.02 Å². The van der Waals surface area contributed by atoms with E-state index in [0.29, 0.717) is 45.0 Å². The van der Waals surface area contributed by atoms with Crippen molar-refractivity contribution in [1.82, 2.24) is 5.43 Å². The van der Waals surface area contributed by atoms with Crippen molar-refractivity contribution < 1.29 is 23.8 Å². The van der Waals surface area contributed by atoms with Crippen LogP contribution in [-0.2, 0) is 4.79 Å². The average molecular weight is 529 g/mol. The molecule has 3 aromatic rings. The highest BCUT2D eigenvalue weighted by Crippen LogP contribution is 2.28. The molecule has 0 saturated carbocycles. The average Bonchev–Trinajstić information content (AvgIpc) is 2.87. The fraction of sp³-hybridized carbons (Fsp3) is 0.222. The summed E-state index contributed by atoms with van der Waals surface area (Å²) in [6.07, 6.45) is 2.66. The van der Waals surface area contributed by atoms with Gasteiger partial charge >= 0.3 is 5.97 Å². The predicted octanol–water partition coefficient (Wildman–Crippen LogP) is 6.31. The first-order valence-corrected chi connectivity index (χ1v) is 12.1. The van der Waals surface area contributed by atoms with Crippen molar-refractivity contribution in [2.75, 3.05) is 6.61 Å². The summed E-state index contributed by atoms with van der Waals surface area (Å²) in [5.41, 5.74) is 3.52. The molecule has 7 nitrogen and oxygen atoms in total. The van der Waals surface area contributed by atoms with Gasteiger partial charge in [0.15, 0.2) is 6.10 Å². The van der Waals surface area contributed by atoms with Crippen LogP contribution in [-0.4, -0.2) is 30.8 Å². The van der Waals surface area contributed by atoms with Gasteiger partial charge in [-0.05, 0) is 85.6 Å². The van der Waals surface area contributed by atoms with Crippen molar-refractivity contribution in [3.63, 3.8) is 0 Å². The maximum Gasteiger partial charge on any atom is 0.343 e. The summed E-state index contributed by atoms with van der Waals surface area (Å²) in [5.74, 6) is 0.508. The van der Waals surface area contributed by atoms with E-state index < -0.39 is 18.0 Å². The van der Waals surface area contributed by atoms with Gasteiger partial charge in [0.1, 0.15) is 17.2 Å². The molecule has 188 valence electrons. The number of carbonyl (C=O) groups is 2. The predicted molar refractivity (Wildman–Crippen MR) is 141 cm³/mol. The van der Waals surface area contributed by atoms with Crippen LogP contribution in [0.3, 0.4) is 0 Å². The van der Waals surface area contributed by atoms with Crippen LogP contribution in [0.2, 0.25) is 10.0 Å². The largest absolute Gasteiger partial charge is 0.494 e. The van der Waals surface area contributed by atoms with Crippen LogP contribution in [0.4, 0.5) is 0 Å². The minimum Gasteiger partial charge on any atom is -0.494 e. The number of hydrogen-bond donors (Lipinski definition) is 1. The van der Waals surface area contributed by atoms with Gasteiger partial charge in [0.25, 0.3) is 5.91 Å². The number of nitrogens with zero attached hydrogens (tertiary/aromatic N) is 1. The molecule has 0 bridgehead atoms. The number of benzene rings is 3. The van der Waals surface area contributed by atoms with Crippen LogP contribution in [0.5, 0.6) is 17.2 Å². The zero-order valence-corrected chi connectivity index (χ0v) is 21.4. The van der Waals surface area contributed by atoms with Crippen LogP contribution in [0.25, 0.3) is 0 Å². The number of nitrogens with one attached hydrogen (secondary N) is 1. The fourth-order valence-corrected chi connectivity index (χ4v) is 3.34. The summed E-state index contributed by atoms with van der Waals surface area (Å²) in [6.45, 7) is 4.31. The van der Waals surface area contributed by atoms with E-state index in [4.69, 9.17) is 37.4 Å². The molecule has 0 aliphatic heterocycles. The van der Waals surface area contributed by atoms with Crippen LogP contribution in [0.1, 0.15) is 42.6 Å². The molecule has 0 spiro atoms. The highest BCUT2D eigenvalue weighted by Gasteiger charge is 2.16. The highest BCUT2D eigenvalue weighted by atomic mass is 35.5. The van der Waals surface area contributed by atoms with Crippen molar-refractivity contribution in [3.05, 3.63) is 87.9 Å². The molecule has 0 saturated heterocycles. The van der Waals surface area contributed by atoms with Gasteiger partial charge in [0.2, 0.25) is 0 Å². The molecule has 3 rings (SSSR count). The lowest BCUT2D eigenvalue weighted by molar-refractivity contribution is -0.127. The van der Waals surface area contributed by atoms with Crippen LogP contribution in [0.15, 0.2) is 71.8 Å². The molecule has 0 radical (unpaired) electrons. The van der Waals surface area contributed by atoms with E-state index in [0.717, 1.165) is 12.8 Å². The maximum atomic E-state index is 12.4. The molecule has 36 heavy (non-hydrogen) atoms. The Bertz CT molecular complexity index is 1200. The first-order valence-electron chi connectivity index (χ1n) is 11.4. The maximum absolute atomic E-state index is 12.4. The van der Waals surface area contributed by atoms with E-state index in [2.05, 4.69) is 17.5 Å². The van der Waals surface area contributed by atoms with E-state index in [1.54, 1.807) is 67.6 Å². The third-order valence-electron chi connectivity index (χ3n) is 4.90. The second-order valence-electron chi connectivity index (χ2n) is 7.75. The Morgan fingerprint density at radius 3 is 2.36 bits per heavy atom. The summed E-state index contributed by atoms with van der Waals surface area (Å²) < 4.78 is 16.6. The van der Waals surface area contributed by atoms with E-state index in [-0.39, 0.29) is 0 Å². The van der Waals surface area contributed by atoms with Gasteiger partial charge in [-0.2, -0.15) is 5.10 Å². The summed E-state index contributed by atoms with van der Waals surface area (Å²) in [5, 5.41) is 4.71. The Morgan fingerprint density at radius 1 is 1.00 bits per heavy atom. The quantitative estimate of drug-likeness (QED) is 0.103. The topological polar surface area (TPSA) is 86.2 Å². The van der Waals surface area contributed by atoms with Crippen LogP contribution < -0.4 is 19.6 Å². The minimum atomic E-state index is -0.834. The van der Waals surface area contributed by atoms with Gasteiger partial charge in [0.05, 0.1) is 23.4 Å². The van der Waals surface area contributed by atoms with Crippen molar-refractivity contribution in [2.45, 2.75) is 32.8 Å². The highest BCUT2D eigenvalue weighted by molar-refractivity contribution is 6.35. The number of amides is 1. The Hall–Kier alpha value is -3.55. The number of unbranched alkanes of at least 4 members (excludes halogenated alkanes) is 1. The summed E-state index contributed by atoms with van der Waals surface area (Å²) in [6, 6.07) is 18.2. The molecule has 0 aliphatic carbocycles. The lowest BCUT2D eigenvalue weighted by atomic mass is 10.2. The molecule has 1 amide bonds. The Labute approximate surface area is 220 Å². The third kappa shape index (κ3) is 8.29. The molecule has 0 unspecified atom stereocenters. The zero-order valence-electron chi connectivity index (χ0n) is 19.9. The molecule has 0 fully saturated rings. The van der Waals surface area contributed by atoms with Crippen molar-refractivity contribution in [3.8, 4) is 17.2 Å². The standard InChI is InChI=1S/C27H26Cl2N2O5/c1-3-4-15-34-22-12-7-20(8-13-22)27(33)36-23-10-5-19(6-11-23)17-30-31-26(32)18(2)35-25-14-9-21(28)16-24(25)29/h5-14,16-18H,3-4,15H2,1-2H3,(H,31,32)/b30-17-/t18-/m1/s1. The normalized spacial score (nSPS) is 11.7. The first kappa shape index (κ1) is 27.0. The minimum absolute atomic E-state index is 0.305. The van der Waals surface area contributed by atoms with Gasteiger partial charge in [-0.15, -0.1) is 0 Å². The van der Waals surface area contributed by atoms with E-state index in [1.165, 1.54) is 12.3 Å². The number of ether oxygens (including phenoxy) is 3. The molecule has 9 heteroatoms. The van der Waals surface area contributed by atoms with Gasteiger partial charge in [-0.3, -0.25) is 4.79 Å². The first-order chi connectivity index (χ1) is 17.4. The molecule has 0 aliphatic rings. The number of hydrogen-bond acceptors (Lipinski definition) is 6. The lowest BCUT2D eigenvalue weighted by Gasteiger charge is -2.14. The van der Waals surface area contributed by atoms with Gasteiger partial charge in [-0.1, -0.05) is 36.5 Å². The van der Waals surface area contributed by atoms with Crippen molar-refractivity contribution in [2.24, 2.45) is 5.10 Å². The summed E-state index contributed by atoms with van der Waals surface area (Å²) in [4.78, 5) is 24.6. The van der Waals surface area contributed by atoms with E-state index in [1.807, 2.05) is 0 Å². The molecule has 1 atom stereocenters. The molecular formula is C27H26Cl2N2O5. The number of hydrazone groups is 1. The summed E-state index contributed by atoms with van der Waals surface area (Å²) >= 11 is 11.9. The van der Waals surface area contributed by atoms with E-state index in [9.17, 15) is 9.59 Å². The molecule has 0 heterocycles. The fourth-order valence-electron chi connectivity index (χ4n) is 2.89. The third-order valence-corrected chi connectivity index (χ3v) is 5.43. The van der Waals surface area contributed by atoms with Gasteiger partial charge in [-0.25, -0.2) is 10.2 Å². The number of carbonyl (C=O) groups excluding carboxylic acids is 2. The zero-order chi connectivity index (χ0) is 25.9. The summed E-state index contributed by atoms with van der Waals surface area (Å²) in [7, 11) is 0. The monoisotopic (exact) mass is 528 g/mol. The van der Waals surface area contributed by atoms with Crippen molar-refractivity contribution >= 4 is 41.3 Å².